The minimum Gasteiger partial charge on any atom is -0.353 e. The van der Waals surface area contributed by atoms with Crippen molar-refractivity contribution in [3.05, 3.63) is 0 Å². The fourth-order valence-corrected chi connectivity index (χ4v) is 4.49. The molecular formula is C16H28N2O3. The quantitative estimate of drug-likeness (QED) is 0.858. The molecule has 5 nitrogen and oxygen atoms in total. The Bertz CT molecular complexity index is 382. The molecule has 0 unspecified atom stereocenters. The summed E-state index contributed by atoms with van der Waals surface area (Å²) in [5.74, 6) is 0.157. The fourth-order valence-electron chi connectivity index (χ4n) is 4.49. The maximum Gasteiger partial charge on any atom is 0.217 e. The Balaban J connectivity index is 1.75. The molecule has 1 aliphatic carbocycles. The van der Waals surface area contributed by atoms with Gasteiger partial charge in [0.05, 0.1) is 13.2 Å². The summed E-state index contributed by atoms with van der Waals surface area (Å²) in [5, 5.41) is 3.17. The predicted octanol–water partition coefficient (Wildman–Crippen LogP) is 1.52. The van der Waals surface area contributed by atoms with E-state index in [1.807, 2.05) is 0 Å². The van der Waals surface area contributed by atoms with Gasteiger partial charge in [-0.2, -0.15) is 0 Å². The molecule has 0 radical (unpaired) electrons. The molecule has 1 amide bonds. The second-order valence-corrected chi connectivity index (χ2v) is 6.71. The summed E-state index contributed by atoms with van der Waals surface area (Å²) in [6.45, 7) is 7.52. The molecule has 0 aromatic carbocycles. The van der Waals surface area contributed by atoms with E-state index in [1.54, 1.807) is 6.92 Å². The van der Waals surface area contributed by atoms with Crippen LogP contribution in [-0.4, -0.2) is 55.0 Å². The van der Waals surface area contributed by atoms with Gasteiger partial charge in [-0.25, -0.2) is 0 Å². The van der Waals surface area contributed by atoms with Gasteiger partial charge < -0.3 is 14.8 Å². The second-order valence-electron chi connectivity index (χ2n) is 6.71. The molecule has 1 spiro atoms. The third kappa shape index (κ3) is 3.10. The first-order valence-corrected chi connectivity index (χ1v) is 8.42. The van der Waals surface area contributed by atoms with Crippen molar-refractivity contribution >= 4 is 5.91 Å². The Labute approximate surface area is 127 Å². The van der Waals surface area contributed by atoms with Crippen LogP contribution >= 0.6 is 0 Å². The number of ether oxygens (including phenoxy) is 2. The van der Waals surface area contributed by atoms with Gasteiger partial charge in [-0.15, -0.1) is 0 Å². The van der Waals surface area contributed by atoms with Gasteiger partial charge in [0, 0.05) is 38.4 Å². The van der Waals surface area contributed by atoms with E-state index in [4.69, 9.17) is 9.47 Å². The number of rotatable bonds is 3. The molecule has 21 heavy (non-hydrogen) atoms. The Morgan fingerprint density at radius 2 is 2.10 bits per heavy atom. The standard InChI is InChI=1S/C16H28N2O3/c1-3-7-18-8-5-14(17-12(2)19)13-11-16(6-4-15(13)18)20-9-10-21-16/h13-15H,3-11H2,1-2H3,(H,17,19)/t13-,14-,15+/m1/s1. The summed E-state index contributed by atoms with van der Waals surface area (Å²) in [6, 6.07) is 0.833. The van der Waals surface area contributed by atoms with Gasteiger partial charge in [-0.05, 0) is 31.7 Å². The van der Waals surface area contributed by atoms with E-state index in [2.05, 4.69) is 17.1 Å². The van der Waals surface area contributed by atoms with Crippen molar-refractivity contribution in [3.8, 4) is 0 Å². The summed E-state index contributed by atoms with van der Waals surface area (Å²) in [5.41, 5.74) is 0. The minimum atomic E-state index is -0.368. The van der Waals surface area contributed by atoms with Crippen LogP contribution in [-0.2, 0) is 14.3 Å². The molecule has 2 heterocycles. The lowest BCUT2D eigenvalue weighted by atomic mass is 9.72. The lowest BCUT2D eigenvalue weighted by Crippen LogP contribution is -2.60. The SMILES string of the molecule is CCCN1CC[C@@H](NC(C)=O)[C@H]2CC3(CC[C@@H]21)OCCO3. The molecule has 5 heteroatoms. The first-order valence-electron chi connectivity index (χ1n) is 8.42. The Morgan fingerprint density at radius 3 is 2.76 bits per heavy atom. The normalized spacial score (nSPS) is 35.6. The molecule has 3 aliphatic rings. The van der Waals surface area contributed by atoms with Crippen LogP contribution in [0.1, 0.15) is 46.0 Å². The monoisotopic (exact) mass is 296 g/mol. The molecule has 1 N–H and O–H groups in total. The van der Waals surface area contributed by atoms with Gasteiger partial charge in [-0.3, -0.25) is 9.69 Å². The van der Waals surface area contributed by atoms with E-state index < -0.39 is 0 Å². The first-order chi connectivity index (χ1) is 10.1. The summed E-state index contributed by atoms with van der Waals surface area (Å²) < 4.78 is 11.9. The van der Waals surface area contributed by atoms with Crippen molar-refractivity contribution in [2.75, 3.05) is 26.3 Å². The van der Waals surface area contributed by atoms with Gasteiger partial charge in [0.2, 0.25) is 5.91 Å². The molecule has 2 saturated heterocycles. The van der Waals surface area contributed by atoms with Gasteiger partial charge in [0.15, 0.2) is 5.79 Å². The number of piperidine rings is 1. The number of hydrogen-bond acceptors (Lipinski definition) is 4. The van der Waals surface area contributed by atoms with Gasteiger partial charge in [0.25, 0.3) is 0 Å². The average molecular weight is 296 g/mol. The van der Waals surface area contributed by atoms with Gasteiger partial charge in [0.1, 0.15) is 0 Å². The van der Waals surface area contributed by atoms with Crippen molar-refractivity contribution in [2.24, 2.45) is 5.92 Å². The lowest BCUT2D eigenvalue weighted by Gasteiger charge is -2.51. The number of amides is 1. The van der Waals surface area contributed by atoms with Crippen molar-refractivity contribution in [1.29, 1.82) is 0 Å². The van der Waals surface area contributed by atoms with E-state index >= 15 is 0 Å². The topological polar surface area (TPSA) is 50.8 Å². The summed E-state index contributed by atoms with van der Waals surface area (Å²) >= 11 is 0. The van der Waals surface area contributed by atoms with Crippen molar-refractivity contribution in [2.45, 2.75) is 63.8 Å². The third-order valence-electron chi connectivity index (χ3n) is 5.29. The van der Waals surface area contributed by atoms with E-state index in [0.29, 0.717) is 25.2 Å². The van der Waals surface area contributed by atoms with E-state index in [0.717, 1.165) is 38.8 Å². The molecule has 0 aromatic rings. The molecule has 3 atom stereocenters. The maximum atomic E-state index is 11.5. The minimum absolute atomic E-state index is 0.0792. The van der Waals surface area contributed by atoms with E-state index in [-0.39, 0.29) is 17.7 Å². The van der Waals surface area contributed by atoms with Crippen LogP contribution < -0.4 is 5.32 Å². The maximum absolute atomic E-state index is 11.5. The number of nitrogens with one attached hydrogen (secondary N) is 1. The number of hydrogen-bond donors (Lipinski definition) is 1. The van der Waals surface area contributed by atoms with Gasteiger partial charge >= 0.3 is 0 Å². The highest BCUT2D eigenvalue weighted by molar-refractivity contribution is 5.73. The average Bonchev–Trinajstić information content (AvgIpc) is 2.89. The molecule has 1 saturated carbocycles. The van der Waals surface area contributed by atoms with Crippen LogP contribution in [0.15, 0.2) is 0 Å². The lowest BCUT2D eigenvalue weighted by molar-refractivity contribution is -0.204. The zero-order valence-electron chi connectivity index (χ0n) is 13.3. The number of carbonyl (C=O) groups excluding carboxylic acids is 1. The molecule has 2 aliphatic heterocycles. The van der Waals surface area contributed by atoms with E-state index in [1.165, 1.54) is 6.42 Å². The Kier molecular flexibility index (Phi) is 4.52. The molecule has 3 fully saturated rings. The Hall–Kier alpha value is -0.650. The molecule has 0 bridgehead atoms. The predicted molar refractivity (Wildman–Crippen MR) is 79.8 cm³/mol. The van der Waals surface area contributed by atoms with Crippen LogP contribution in [0.2, 0.25) is 0 Å². The zero-order valence-corrected chi connectivity index (χ0v) is 13.3. The second kappa shape index (κ2) is 6.23. The highest BCUT2D eigenvalue weighted by atomic mass is 16.7. The smallest absolute Gasteiger partial charge is 0.217 e. The fraction of sp³-hybridized carbons (Fsp3) is 0.938. The van der Waals surface area contributed by atoms with Crippen LogP contribution in [0.4, 0.5) is 0 Å². The molecule has 3 rings (SSSR count). The highest BCUT2D eigenvalue weighted by Crippen LogP contribution is 2.44. The van der Waals surface area contributed by atoms with Crippen LogP contribution in [0.5, 0.6) is 0 Å². The molecular weight excluding hydrogens is 268 g/mol. The number of likely N-dealkylation sites (tertiary alicyclic amines) is 1. The molecule has 0 aromatic heterocycles. The van der Waals surface area contributed by atoms with Crippen molar-refractivity contribution < 1.29 is 14.3 Å². The van der Waals surface area contributed by atoms with E-state index in [9.17, 15) is 4.79 Å². The number of nitrogens with zero attached hydrogens (tertiary/aromatic N) is 1. The largest absolute Gasteiger partial charge is 0.353 e. The van der Waals surface area contributed by atoms with Crippen LogP contribution in [0.3, 0.4) is 0 Å². The Morgan fingerprint density at radius 1 is 1.33 bits per heavy atom. The first kappa shape index (κ1) is 15.3. The number of carbonyl (C=O) groups is 1. The highest BCUT2D eigenvalue weighted by Gasteiger charge is 2.50. The van der Waals surface area contributed by atoms with Gasteiger partial charge in [-0.1, -0.05) is 6.92 Å². The third-order valence-corrected chi connectivity index (χ3v) is 5.29. The molecule has 120 valence electrons. The van der Waals surface area contributed by atoms with Crippen LogP contribution in [0, 0.1) is 5.92 Å². The van der Waals surface area contributed by atoms with Crippen LogP contribution in [0.25, 0.3) is 0 Å². The van der Waals surface area contributed by atoms with Crippen molar-refractivity contribution in [1.82, 2.24) is 10.2 Å². The summed E-state index contributed by atoms with van der Waals surface area (Å²) in [7, 11) is 0. The number of fused-ring (bicyclic) bond motifs is 1. The zero-order chi connectivity index (χ0) is 14.9. The summed E-state index contributed by atoms with van der Waals surface area (Å²) in [4.78, 5) is 14.1. The van der Waals surface area contributed by atoms with Crippen molar-refractivity contribution in [3.63, 3.8) is 0 Å². The summed E-state index contributed by atoms with van der Waals surface area (Å²) in [6.07, 6.45) is 5.24.